The molecule has 2 aromatic rings. The molecule has 0 radical (unpaired) electrons. The van der Waals surface area contributed by atoms with Crippen LogP contribution in [0.25, 0.3) is 0 Å². The van der Waals surface area contributed by atoms with E-state index in [9.17, 15) is 9.35 Å². The standard InChI is InChI=1S/C13H12BrNO2S/c1-18(17)13-5-4-10(14)8-11(13)12(16)9-15-6-2-3-7-15/h2-8H,9H2,1H3. The maximum atomic E-state index is 12.2. The van der Waals surface area contributed by atoms with Crippen LogP contribution in [0.2, 0.25) is 0 Å². The zero-order chi connectivity index (χ0) is 13.1. The Morgan fingerprint density at radius 1 is 1.39 bits per heavy atom. The second-order valence-corrected chi connectivity index (χ2v) is 6.14. The monoisotopic (exact) mass is 325 g/mol. The molecule has 0 saturated carbocycles. The van der Waals surface area contributed by atoms with E-state index in [1.54, 1.807) is 29.0 Å². The van der Waals surface area contributed by atoms with Crippen molar-refractivity contribution in [3.63, 3.8) is 0 Å². The highest BCUT2D eigenvalue weighted by Crippen LogP contribution is 2.21. The number of ketones is 1. The molecule has 2 rings (SSSR count). The van der Waals surface area contributed by atoms with Crippen LogP contribution in [0.3, 0.4) is 0 Å². The van der Waals surface area contributed by atoms with Crippen LogP contribution in [-0.4, -0.2) is 21.2 Å². The van der Waals surface area contributed by atoms with Crippen LogP contribution in [0.5, 0.6) is 0 Å². The molecule has 0 amide bonds. The van der Waals surface area contributed by atoms with E-state index in [0.29, 0.717) is 10.5 Å². The molecule has 0 aliphatic rings. The lowest BCUT2D eigenvalue weighted by Gasteiger charge is -2.10. The fraction of sp³-hybridized carbons (Fsp3) is 0.154. The number of carbonyl (C=O) groups is 1. The first kappa shape index (κ1) is 13.4. The summed E-state index contributed by atoms with van der Waals surface area (Å²) in [7, 11) is 0. The largest absolute Gasteiger partial charge is 0.612 e. The van der Waals surface area contributed by atoms with Crippen LogP contribution >= 0.6 is 15.9 Å². The third-order valence-corrected chi connectivity index (χ3v) is 4.01. The van der Waals surface area contributed by atoms with Gasteiger partial charge in [-0.1, -0.05) is 15.9 Å². The van der Waals surface area contributed by atoms with Crippen LogP contribution in [0, 0.1) is 0 Å². The van der Waals surface area contributed by atoms with E-state index in [4.69, 9.17) is 0 Å². The molecular formula is C13H12BrNO2S. The molecule has 0 aliphatic heterocycles. The number of carbonyl (C=O) groups excluding carboxylic acids is 1. The van der Waals surface area contributed by atoms with Gasteiger partial charge in [0.05, 0.1) is 12.1 Å². The summed E-state index contributed by atoms with van der Waals surface area (Å²) in [6, 6.07) is 8.98. The molecule has 0 fully saturated rings. The Hall–Kier alpha value is -1.04. The molecule has 0 saturated heterocycles. The molecule has 94 valence electrons. The first-order valence-electron chi connectivity index (χ1n) is 5.35. The highest BCUT2D eigenvalue weighted by atomic mass is 79.9. The fourth-order valence-corrected chi connectivity index (χ4v) is 2.80. The summed E-state index contributed by atoms with van der Waals surface area (Å²) in [5, 5.41) is 0. The summed E-state index contributed by atoms with van der Waals surface area (Å²) in [5.41, 5.74) is 0.513. The number of hydrogen-bond acceptors (Lipinski definition) is 2. The second kappa shape index (κ2) is 5.73. The Morgan fingerprint density at radius 3 is 2.67 bits per heavy atom. The average molecular weight is 326 g/mol. The smallest absolute Gasteiger partial charge is 0.187 e. The molecule has 0 N–H and O–H groups in total. The fourth-order valence-electron chi connectivity index (χ4n) is 1.70. The van der Waals surface area contributed by atoms with E-state index in [2.05, 4.69) is 15.9 Å². The molecule has 3 nitrogen and oxygen atoms in total. The highest BCUT2D eigenvalue weighted by molar-refractivity contribution is 9.10. The van der Waals surface area contributed by atoms with Crippen molar-refractivity contribution in [2.75, 3.05) is 6.26 Å². The Morgan fingerprint density at radius 2 is 2.06 bits per heavy atom. The Bertz CT molecular complexity index is 552. The van der Waals surface area contributed by atoms with Crippen molar-refractivity contribution in [2.45, 2.75) is 11.4 Å². The van der Waals surface area contributed by atoms with Crippen molar-refractivity contribution >= 4 is 32.9 Å². The third kappa shape index (κ3) is 3.04. The summed E-state index contributed by atoms with van der Waals surface area (Å²) in [6.45, 7) is 0.258. The van der Waals surface area contributed by atoms with Gasteiger partial charge in [0, 0.05) is 16.9 Å². The van der Waals surface area contributed by atoms with E-state index in [1.807, 2.05) is 24.5 Å². The minimum Gasteiger partial charge on any atom is -0.612 e. The lowest BCUT2D eigenvalue weighted by atomic mass is 10.1. The second-order valence-electron chi connectivity index (χ2n) is 3.87. The number of hydrogen-bond donors (Lipinski definition) is 0. The summed E-state index contributed by atoms with van der Waals surface area (Å²) in [5.74, 6) is -0.0438. The SMILES string of the molecule is C[S+]([O-])c1ccc(Br)cc1C(=O)Cn1cccc1. The number of Topliss-reactive ketones (excluding diaryl/α,β-unsaturated/α-hetero) is 1. The maximum absolute atomic E-state index is 12.2. The van der Waals surface area contributed by atoms with Crippen LogP contribution in [0.1, 0.15) is 10.4 Å². The average Bonchev–Trinajstić information content (AvgIpc) is 2.81. The van der Waals surface area contributed by atoms with Gasteiger partial charge in [-0.25, -0.2) is 0 Å². The van der Waals surface area contributed by atoms with Gasteiger partial charge >= 0.3 is 0 Å². The van der Waals surface area contributed by atoms with Crippen molar-refractivity contribution in [3.8, 4) is 0 Å². The van der Waals surface area contributed by atoms with Gasteiger partial charge in [-0.2, -0.15) is 0 Å². The van der Waals surface area contributed by atoms with Gasteiger partial charge in [-0.3, -0.25) is 4.79 Å². The van der Waals surface area contributed by atoms with Crippen LogP contribution < -0.4 is 0 Å². The van der Waals surface area contributed by atoms with Crippen molar-refractivity contribution in [1.29, 1.82) is 0 Å². The summed E-state index contributed by atoms with van der Waals surface area (Å²) in [6.07, 6.45) is 5.24. The first-order valence-corrected chi connectivity index (χ1v) is 7.70. The predicted molar refractivity (Wildman–Crippen MR) is 75.2 cm³/mol. The molecular weight excluding hydrogens is 314 g/mol. The number of nitrogens with zero attached hydrogens (tertiary/aromatic N) is 1. The lowest BCUT2D eigenvalue weighted by Crippen LogP contribution is -2.13. The summed E-state index contributed by atoms with van der Waals surface area (Å²) in [4.78, 5) is 12.8. The zero-order valence-electron chi connectivity index (χ0n) is 9.80. The van der Waals surface area contributed by atoms with Gasteiger partial charge in [-0.05, 0) is 41.5 Å². The maximum Gasteiger partial charge on any atom is 0.187 e. The van der Waals surface area contributed by atoms with Gasteiger partial charge in [0.15, 0.2) is 10.7 Å². The van der Waals surface area contributed by atoms with Crippen molar-refractivity contribution < 1.29 is 9.35 Å². The molecule has 1 unspecified atom stereocenters. The Labute approximate surface area is 117 Å². The highest BCUT2D eigenvalue weighted by Gasteiger charge is 2.18. The molecule has 1 atom stereocenters. The zero-order valence-corrected chi connectivity index (χ0v) is 12.2. The molecule has 18 heavy (non-hydrogen) atoms. The molecule has 1 heterocycles. The van der Waals surface area contributed by atoms with Gasteiger partial charge in [0.25, 0.3) is 0 Å². The quantitative estimate of drug-likeness (QED) is 0.641. The van der Waals surface area contributed by atoms with Crippen LogP contribution in [-0.2, 0) is 17.7 Å². The minimum absolute atomic E-state index is 0.0438. The summed E-state index contributed by atoms with van der Waals surface area (Å²) >= 11 is 2.17. The van der Waals surface area contributed by atoms with Gasteiger partial charge < -0.3 is 9.12 Å². The Balaban J connectivity index is 2.31. The molecule has 0 bridgehead atoms. The third-order valence-electron chi connectivity index (χ3n) is 2.54. The van der Waals surface area contributed by atoms with Crippen LogP contribution in [0.4, 0.5) is 0 Å². The van der Waals surface area contributed by atoms with Gasteiger partial charge in [0.2, 0.25) is 0 Å². The number of rotatable bonds is 4. The number of halogens is 1. The normalized spacial score (nSPS) is 12.4. The van der Waals surface area contributed by atoms with E-state index in [0.717, 1.165) is 4.47 Å². The van der Waals surface area contributed by atoms with E-state index >= 15 is 0 Å². The number of benzene rings is 1. The molecule has 0 aliphatic carbocycles. The van der Waals surface area contributed by atoms with Gasteiger partial charge in [0.1, 0.15) is 6.26 Å². The number of aromatic nitrogens is 1. The van der Waals surface area contributed by atoms with E-state index in [1.165, 1.54) is 0 Å². The molecule has 1 aromatic carbocycles. The minimum atomic E-state index is -1.17. The molecule has 0 spiro atoms. The van der Waals surface area contributed by atoms with Crippen LogP contribution in [0.15, 0.2) is 52.1 Å². The predicted octanol–water partition coefficient (Wildman–Crippen LogP) is 2.87. The Kier molecular flexibility index (Phi) is 4.27. The van der Waals surface area contributed by atoms with Gasteiger partial charge in [-0.15, -0.1) is 0 Å². The van der Waals surface area contributed by atoms with Crippen molar-refractivity contribution in [2.24, 2.45) is 0 Å². The molecule has 1 aromatic heterocycles. The lowest BCUT2D eigenvalue weighted by molar-refractivity contribution is 0.0969. The first-order chi connectivity index (χ1) is 8.58. The van der Waals surface area contributed by atoms with E-state index < -0.39 is 11.2 Å². The topological polar surface area (TPSA) is 45.1 Å². The van der Waals surface area contributed by atoms with E-state index in [-0.39, 0.29) is 12.3 Å². The van der Waals surface area contributed by atoms with Crippen molar-refractivity contribution in [1.82, 2.24) is 4.57 Å². The molecule has 5 heteroatoms. The van der Waals surface area contributed by atoms with Crippen molar-refractivity contribution in [3.05, 3.63) is 52.8 Å². The summed E-state index contributed by atoms with van der Waals surface area (Å²) < 4.78 is 14.2.